The zero-order valence-corrected chi connectivity index (χ0v) is 19.3. The van der Waals surface area contributed by atoms with Gasteiger partial charge in [-0.15, -0.1) is 0 Å². The zero-order chi connectivity index (χ0) is 21.7. The average molecular weight is 429 g/mol. The van der Waals surface area contributed by atoms with Gasteiger partial charge in [-0.25, -0.2) is 0 Å². The van der Waals surface area contributed by atoms with Gasteiger partial charge in [-0.3, -0.25) is 13.8 Å². The van der Waals surface area contributed by atoms with Gasteiger partial charge in [-0.05, 0) is 90.4 Å². The molecule has 29 heavy (non-hydrogen) atoms. The van der Waals surface area contributed by atoms with E-state index in [2.05, 4.69) is 0 Å². The maximum Gasteiger partial charge on any atom is 0.322 e. The van der Waals surface area contributed by atoms with E-state index >= 15 is 0 Å². The normalized spacial score (nSPS) is 33.3. The Kier molecular flexibility index (Phi) is 5.98. The van der Waals surface area contributed by atoms with E-state index in [9.17, 15) is 18.0 Å². The summed E-state index contributed by atoms with van der Waals surface area (Å²) in [5, 5.41) is 0. The third kappa shape index (κ3) is 4.27. The molecule has 1 atom stereocenters. The number of rotatable bonds is 9. The van der Waals surface area contributed by atoms with Crippen LogP contribution in [0, 0.1) is 28.6 Å². The van der Waals surface area contributed by atoms with E-state index in [1.165, 1.54) is 33.1 Å². The lowest BCUT2D eigenvalue weighted by Crippen LogP contribution is -2.58. The van der Waals surface area contributed by atoms with E-state index in [0.29, 0.717) is 24.2 Å². The molecule has 0 aliphatic heterocycles. The lowest BCUT2D eigenvalue weighted by molar-refractivity contribution is -0.207. The van der Waals surface area contributed by atoms with Gasteiger partial charge >= 0.3 is 5.97 Å². The largest absolute Gasteiger partial charge is 0.458 e. The molecule has 6 nitrogen and oxygen atoms in total. The fraction of sp³-hybridized carbons (Fsp3) is 0.909. The highest BCUT2D eigenvalue weighted by Gasteiger charge is 2.59. The highest BCUT2D eigenvalue weighted by atomic mass is 32.2. The predicted octanol–water partition coefficient (Wildman–Crippen LogP) is 3.88. The van der Waals surface area contributed by atoms with Crippen LogP contribution in [-0.2, 0) is 28.6 Å². The van der Waals surface area contributed by atoms with Crippen molar-refractivity contribution in [1.29, 1.82) is 0 Å². The molecule has 0 radical (unpaired) electrons. The molecule has 0 aromatic carbocycles. The first-order valence-electron chi connectivity index (χ1n) is 10.9. The molecule has 0 aromatic rings. The first-order chi connectivity index (χ1) is 13.3. The third-order valence-electron chi connectivity index (χ3n) is 7.87. The molecule has 4 rings (SSSR count). The minimum absolute atomic E-state index is 0.0513. The number of hydrogen-bond acceptors (Lipinski definition) is 6. The fourth-order valence-corrected chi connectivity index (χ4v) is 7.15. The van der Waals surface area contributed by atoms with Crippen molar-refractivity contribution >= 4 is 21.9 Å². The SMILES string of the molecule is CCCS(=O)(=O)OCC(C)(C(C)=O)C(=O)OC(C)(C)C12CC3CC(CC(C3)C1)C2. The molecule has 0 aromatic heterocycles. The molecule has 0 N–H and O–H groups in total. The number of ketones is 1. The minimum atomic E-state index is -3.77. The van der Waals surface area contributed by atoms with E-state index in [-0.39, 0.29) is 11.2 Å². The molecule has 166 valence electrons. The van der Waals surface area contributed by atoms with Crippen molar-refractivity contribution in [3.63, 3.8) is 0 Å². The van der Waals surface area contributed by atoms with Crippen LogP contribution < -0.4 is 0 Å². The molecule has 0 heterocycles. The van der Waals surface area contributed by atoms with Crippen LogP contribution in [0.3, 0.4) is 0 Å². The van der Waals surface area contributed by atoms with Crippen LogP contribution in [0.1, 0.15) is 79.6 Å². The number of carbonyl (C=O) groups excluding carboxylic acids is 2. The van der Waals surface area contributed by atoms with Crippen LogP contribution in [0.5, 0.6) is 0 Å². The van der Waals surface area contributed by atoms with Crippen LogP contribution in [0.15, 0.2) is 0 Å². The second kappa shape index (κ2) is 7.63. The van der Waals surface area contributed by atoms with Crippen molar-refractivity contribution in [3.05, 3.63) is 0 Å². The van der Waals surface area contributed by atoms with Crippen molar-refractivity contribution in [3.8, 4) is 0 Å². The van der Waals surface area contributed by atoms with Crippen molar-refractivity contribution in [2.45, 2.75) is 85.2 Å². The first-order valence-corrected chi connectivity index (χ1v) is 12.5. The lowest BCUT2D eigenvalue weighted by Gasteiger charge is -2.61. The van der Waals surface area contributed by atoms with E-state index in [0.717, 1.165) is 19.3 Å². The Morgan fingerprint density at radius 1 is 1.00 bits per heavy atom. The quantitative estimate of drug-likeness (QED) is 0.315. The van der Waals surface area contributed by atoms with Gasteiger partial charge in [0.25, 0.3) is 10.1 Å². The minimum Gasteiger partial charge on any atom is -0.458 e. The monoisotopic (exact) mass is 428 g/mol. The average Bonchev–Trinajstić information content (AvgIpc) is 2.57. The standard InChI is InChI=1S/C22H36O6S/c1-6-7-29(25,26)27-14-21(5,15(2)23)19(24)28-20(3,4)22-11-16-8-17(12-22)10-18(9-16)13-22/h16-18H,6-14H2,1-5H3. The summed E-state index contributed by atoms with van der Waals surface area (Å²) in [6, 6.07) is 0. The maximum atomic E-state index is 13.2. The van der Waals surface area contributed by atoms with Crippen LogP contribution in [0.2, 0.25) is 0 Å². The Bertz CT molecular complexity index is 733. The summed E-state index contributed by atoms with van der Waals surface area (Å²) < 4.78 is 35.0. The highest BCUT2D eigenvalue weighted by molar-refractivity contribution is 7.86. The summed E-state index contributed by atoms with van der Waals surface area (Å²) in [5.41, 5.74) is -2.40. The summed E-state index contributed by atoms with van der Waals surface area (Å²) in [5.74, 6) is 0.852. The number of hydrogen-bond donors (Lipinski definition) is 0. The van der Waals surface area contributed by atoms with Gasteiger partial charge in [0.1, 0.15) is 16.8 Å². The van der Waals surface area contributed by atoms with Crippen molar-refractivity contribution in [1.82, 2.24) is 0 Å². The Labute approximate surface area is 175 Å². The van der Waals surface area contributed by atoms with Crippen molar-refractivity contribution in [2.24, 2.45) is 28.6 Å². The number of esters is 1. The second-order valence-electron chi connectivity index (χ2n) is 10.5. The highest BCUT2D eigenvalue weighted by Crippen LogP contribution is 2.64. The van der Waals surface area contributed by atoms with Crippen molar-refractivity contribution in [2.75, 3.05) is 12.4 Å². The molecule has 4 fully saturated rings. The zero-order valence-electron chi connectivity index (χ0n) is 18.5. The van der Waals surface area contributed by atoms with Gasteiger partial charge in [-0.1, -0.05) is 6.92 Å². The van der Waals surface area contributed by atoms with Gasteiger partial charge in [0.2, 0.25) is 0 Å². The van der Waals surface area contributed by atoms with E-state index in [1.54, 1.807) is 6.92 Å². The van der Waals surface area contributed by atoms with Gasteiger partial charge in [0.05, 0.1) is 12.4 Å². The molecule has 4 aliphatic rings. The van der Waals surface area contributed by atoms with Crippen LogP contribution in [0.4, 0.5) is 0 Å². The van der Waals surface area contributed by atoms with E-state index < -0.39 is 39.5 Å². The first kappa shape index (κ1) is 22.7. The molecule has 0 spiro atoms. The Morgan fingerprint density at radius 3 is 1.90 bits per heavy atom. The Hall–Kier alpha value is -0.950. The second-order valence-corrected chi connectivity index (χ2v) is 12.3. The molecule has 4 bridgehead atoms. The summed E-state index contributed by atoms with van der Waals surface area (Å²) in [6.45, 7) is 7.86. The van der Waals surface area contributed by atoms with E-state index in [1.807, 2.05) is 13.8 Å². The summed E-state index contributed by atoms with van der Waals surface area (Å²) in [7, 11) is -3.77. The Balaban J connectivity index is 1.76. The molecule has 4 saturated carbocycles. The number of Topliss-reactive ketones (excluding diaryl/α,β-unsaturated/α-hetero) is 1. The van der Waals surface area contributed by atoms with Crippen molar-refractivity contribution < 1.29 is 26.9 Å². The Morgan fingerprint density at radius 2 is 1.48 bits per heavy atom. The molecular weight excluding hydrogens is 392 g/mol. The van der Waals surface area contributed by atoms with Gasteiger partial charge in [0.15, 0.2) is 0 Å². The maximum absolute atomic E-state index is 13.2. The smallest absolute Gasteiger partial charge is 0.322 e. The molecule has 0 saturated heterocycles. The van der Waals surface area contributed by atoms with Crippen LogP contribution in [0.25, 0.3) is 0 Å². The third-order valence-corrected chi connectivity index (χ3v) is 9.26. The molecule has 7 heteroatoms. The van der Waals surface area contributed by atoms with Crippen LogP contribution >= 0.6 is 0 Å². The fourth-order valence-electron chi connectivity index (χ4n) is 6.12. The molecular formula is C22H36O6S. The molecule has 0 amide bonds. The number of carbonyl (C=O) groups is 2. The van der Waals surface area contributed by atoms with Gasteiger partial charge in [0, 0.05) is 5.41 Å². The topological polar surface area (TPSA) is 86.7 Å². The predicted molar refractivity (Wildman–Crippen MR) is 110 cm³/mol. The molecule has 1 unspecified atom stereocenters. The van der Waals surface area contributed by atoms with E-state index in [4.69, 9.17) is 8.92 Å². The summed E-state index contributed by atoms with van der Waals surface area (Å²) in [6.07, 6.45) is 7.47. The lowest BCUT2D eigenvalue weighted by atomic mass is 9.46. The van der Waals surface area contributed by atoms with Crippen LogP contribution in [-0.4, -0.2) is 38.1 Å². The van der Waals surface area contributed by atoms with Gasteiger partial charge in [-0.2, -0.15) is 8.42 Å². The van der Waals surface area contributed by atoms with Gasteiger partial charge < -0.3 is 4.74 Å². The summed E-state index contributed by atoms with van der Waals surface area (Å²) in [4.78, 5) is 25.5. The molecule has 4 aliphatic carbocycles. The summed E-state index contributed by atoms with van der Waals surface area (Å²) >= 11 is 0. The number of ether oxygens (including phenoxy) is 1.